The second-order valence-electron chi connectivity index (χ2n) is 9.34. The largest absolute Gasteiger partial charge is 0.501 e. The Hall–Kier alpha value is -1.78. The van der Waals surface area contributed by atoms with Crippen LogP contribution in [0.4, 0.5) is 0 Å². The number of rotatable bonds is 9. The van der Waals surface area contributed by atoms with Crippen LogP contribution in [0, 0.1) is 0 Å². The van der Waals surface area contributed by atoms with Gasteiger partial charge in [-0.25, -0.2) is 0 Å². The topological polar surface area (TPSA) is 50.7 Å². The summed E-state index contributed by atoms with van der Waals surface area (Å²) in [6, 6.07) is 8.12. The molecule has 28 heavy (non-hydrogen) atoms. The van der Waals surface area contributed by atoms with Crippen molar-refractivity contribution in [2.45, 2.75) is 70.9 Å². The highest BCUT2D eigenvalue weighted by molar-refractivity contribution is 5.31. The maximum atomic E-state index is 10.3. The van der Waals surface area contributed by atoms with E-state index in [4.69, 9.17) is 9.47 Å². The van der Waals surface area contributed by atoms with Crippen LogP contribution in [0.15, 0.2) is 47.7 Å². The van der Waals surface area contributed by atoms with E-state index in [1.165, 1.54) is 11.1 Å². The lowest BCUT2D eigenvalue weighted by Crippen LogP contribution is -2.45. The Labute approximate surface area is 170 Å². The zero-order chi connectivity index (χ0) is 20.8. The summed E-state index contributed by atoms with van der Waals surface area (Å²) >= 11 is 0. The van der Waals surface area contributed by atoms with Crippen molar-refractivity contribution in [3.8, 4) is 5.75 Å². The molecular weight excluding hydrogens is 350 g/mol. The number of hydrogen-bond donors (Lipinski definition) is 2. The van der Waals surface area contributed by atoms with Crippen LogP contribution >= 0.6 is 0 Å². The predicted molar refractivity (Wildman–Crippen MR) is 116 cm³/mol. The molecule has 4 heteroatoms. The Balaban J connectivity index is 1.76. The Morgan fingerprint density at radius 1 is 1.04 bits per heavy atom. The third-order valence-corrected chi connectivity index (χ3v) is 5.11. The SMILES string of the molecule is COC1=CC=C(CC(C)(C)NCC(O)COc2ccc(C(C)(C)C)cc2)CC1. The number of nitrogens with one attached hydrogen (secondary N) is 1. The lowest BCUT2D eigenvalue weighted by molar-refractivity contribution is 0.0987. The van der Waals surface area contributed by atoms with Gasteiger partial charge in [-0.1, -0.05) is 44.6 Å². The van der Waals surface area contributed by atoms with Crippen molar-refractivity contribution >= 4 is 0 Å². The number of allylic oxidation sites excluding steroid dienone is 3. The van der Waals surface area contributed by atoms with E-state index in [1.54, 1.807) is 7.11 Å². The molecule has 0 heterocycles. The molecule has 4 nitrogen and oxygen atoms in total. The second kappa shape index (κ2) is 9.62. The van der Waals surface area contributed by atoms with Crippen molar-refractivity contribution in [2.75, 3.05) is 20.3 Å². The van der Waals surface area contributed by atoms with Crippen LogP contribution in [0.1, 0.15) is 59.4 Å². The minimum absolute atomic E-state index is 0.0837. The van der Waals surface area contributed by atoms with E-state index in [2.05, 4.69) is 64.2 Å². The number of methoxy groups -OCH3 is 1. The van der Waals surface area contributed by atoms with Gasteiger partial charge in [-0.15, -0.1) is 0 Å². The highest BCUT2D eigenvalue weighted by Crippen LogP contribution is 2.26. The summed E-state index contributed by atoms with van der Waals surface area (Å²) in [5, 5.41) is 13.8. The first-order chi connectivity index (χ1) is 13.1. The van der Waals surface area contributed by atoms with Crippen LogP contribution in [0.25, 0.3) is 0 Å². The highest BCUT2D eigenvalue weighted by atomic mass is 16.5. The molecule has 1 atom stereocenters. The first kappa shape index (κ1) is 22.5. The summed E-state index contributed by atoms with van der Waals surface area (Å²) < 4.78 is 11.0. The molecule has 1 aliphatic rings. The van der Waals surface area contributed by atoms with Crippen LogP contribution in [0.3, 0.4) is 0 Å². The van der Waals surface area contributed by atoms with E-state index in [0.29, 0.717) is 6.54 Å². The molecule has 1 aliphatic carbocycles. The molecule has 1 aromatic carbocycles. The number of hydrogen-bond acceptors (Lipinski definition) is 4. The number of benzene rings is 1. The number of aliphatic hydroxyl groups excluding tert-OH is 1. The smallest absolute Gasteiger partial charge is 0.119 e. The van der Waals surface area contributed by atoms with Gasteiger partial charge in [0.05, 0.1) is 12.9 Å². The zero-order valence-electron chi connectivity index (χ0n) is 18.3. The summed E-state index contributed by atoms with van der Waals surface area (Å²) in [7, 11) is 1.72. The lowest BCUT2D eigenvalue weighted by atomic mass is 9.87. The number of ether oxygens (including phenoxy) is 2. The molecule has 2 N–H and O–H groups in total. The van der Waals surface area contributed by atoms with Crippen LogP contribution in [-0.2, 0) is 10.2 Å². The van der Waals surface area contributed by atoms with Crippen LogP contribution in [0.2, 0.25) is 0 Å². The summed E-state index contributed by atoms with van der Waals surface area (Å²) in [5.74, 6) is 1.83. The van der Waals surface area contributed by atoms with E-state index in [9.17, 15) is 5.11 Å². The first-order valence-corrected chi connectivity index (χ1v) is 10.2. The van der Waals surface area contributed by atoms with Crippen molar-refractivity contribution < 1.29 is 14.6 Å². The van der Waals surface area contributed by atoms with Gasteiger partial charge in [0.15, 0.2) is 0 Å². The van der Waals surface area contributed by atoms with Crippen molar-refractivity contribution in [1.82, 2.24) is 5.32 Å². The van der Waals surface area contributed by atoms with Crippen molar-refractivity contribution in [2.24, 2.45) is 0 Å². The van der Waals surface area contributed by atoms with Crippen LogP contribution in [0.5, 0.6) is 5.75 Å². The molecule has 0 spiro atoms. The maximum Gasteiger partial charge on any atom is 0.119 e. The maximum absolute atomic E-state index is 10.3. The molecule has 0 fully saturated rings. The van der Waals surface area contributed by atoms with Crippen LogP contribution < -0.4 is 10.1 Å². The molecule has 1 unspecified atom stereocenters. The third-order valence-electron chi connectivity index (χ3n) is 5.11. The van der Waals surface area contributed by atoms with Gasteiger partial charge >= 0.3 is 0 Å². The molecule has 0 aliphatic heterocycles. The minimum Gasteiger partial charge on any atom is -0.501 e. The van der Waals surface area contributed by atoms with E-state index in [-0.39, 0.29) is 17.6 Å². The number of β-amino-alcohol motifs (C(OH)–C–C–N with tert-alkyl or cyclic N) is 1. The molecule has 0 bridgehead atoms. The van der Waals surface area contributed by atoms with Crippen LogP contribution in [-0.4, -0.2) is 37.0 Å². The summed E-state index contributed by atoms with van der Waals surface area (Å²) in [4.78, 5) is 0. The van der Waals surface area contributed by atoms with Crippen molar-refractivity contribution in [3.63, 3.8) is 0 Å². The Morgan fingerprint density at radius 2 is 1.71 bits per heavy atom. The van der Waals surface area contributed by atoms with Gasteiger partial charge < -0.3 is 19.9 Å². The number of aliphatic hydroxyl groups is 1. The molecule has 0 amide bonds. The zero-order valence-corrected chi connectivity index (χ0v) is 18.3. The van der Waals surface area contributed by atoms with E-state index in [0.717, 1.165) is 30.8 Å². The Bertz CT molecular complexity index is 681. The molecular formula is C24H37NO3. The normalized spacial score (nSPS) is 16.2. The van der Waals surface area contributed by atoms with Crippen molar-refractivity contribution in [3.05, 3.63) is 53.3 Å². The van der Waals surface area contributed by atoms with E-state index >= 15 is 0 Å². The fraction of sp³-hybridized carbons (Fsp3) is 0.583. The second-order valence-corrected chi connectivity index (χ2v) is 9.34. The van der Waals surface area contributed by atoms with Gasteiger partial charge in [-0.05, 0) is 55.9 Å². The van der Waals surface area contributed by atoms with E-state index < -0.39 is 6.10 Å². The molecule has 156 valence electrons. The fourth-order valence-corrected chi connectivity index (χ4v) is 3.31. The van der Waals surface area contributed by atoms with Gasteiger partial charge in [-0.2, -0.15) is 0 Å². The minimum atomic E-state index is -0.554. The summed E-state index contributed by atoms with van der Waals surface area (Å²) in [6.45, 7) is 11.7. The van der Waals surface area contributed by atoms with Crippen molar-refractivity contribution in [1.29, 1.82) is 0 Å². The molecule has 0 aromatic heterocycles. The average Bonchev–Trinajstić information content (AvgIpc) is 2.65. The lowest BCUT2D eigenvalue weighted by Gasteiger charge is -2.30. The quantitative estimate of drug-likeness (QED) is 0.643. The fourth-order valence-electron chi connectivity index (χ4n) is 3.31. The monoisotopic (exact) mass is 387 g/mol. The summed E-state index contributed by atoms with van der Waals surface area (Å²) in [5.41, 5.74) is 2.72. The van der Waals surface area contributed by atoms with E-state index in [1.807, 2.05) is 12.1 Å². The molecule has 0 saturated heterocycles. The molecule has 0 radical (unpaired) electrons. The Morgan fingerprint density at radius 3 is 2.25 bits per heavy atom. The van der Waals surface area contributed by atoms with Gasteiger partial charge in [0, 0.05) is 18.5 Å². The summed E-state index contributed by atoms with van der Waals surface area (Å²) in [6.07, 6.45) is 6.60. The highest BCUT2D eigenvalue weighted by Gasteiger charge is 2.21. The van der Waals surface area contributed by atoms with Gasteiger partial charge in [-0.3, -0.25) is 0 Å². The molecule has 0 saturated carbocycles. The first-order valence-electron chi connectivity index (χ1n) is 10.2. The van der Waals surface area contributed by atoms with Gasteiger partial charge in [0.25, 0.3) is 0 Å². The third kappa shape index (κ3) is 7.33. The Kier molecular flexibility index (Phi) is 7.73. The molecule has 1 aromatic rings. The standard InChI is InChI=1S/C24H37NO3/c1-23(2,3)19-9-13-22(14-10-19)28-17-20(26)16-25-24(4,5)15-18-7-11-21(27-6)12-8-18/h7,9-11,13-14,20,25-26H,8,12,15-17H2,1-6H3. The average molecular weight is 388 g/mol. The van der Waals surface area contributed by atoms with Gasteiger partial charge in [0.1, 0.15) is 18.5 Å². The molecule has 2 rings (SSSR count). The predicted octanol–water partition coefficient (Wildman–Crippen LogP) is 4.73. The van der Waals surface area contributed by atoms with Gasteiger partial charge in [0.2, 0.25) is 0 Å².